The van der Waals surface area contributed by atoms with Crippen molar-refractivity contribution >= 4 is 22.8 Å². The number of nitrogen functional groups attached to an aromatic ring is 1. The molecule has 2 N–H and O–H groups in total. The first-order valence-corrected chi connectivity index (χ1v) is 6.56. The summed E-state index contributed by atoms with van der Waals surface area (Å²) in [7, 11) is 0. The number of hydrogen-bond acceptors (Lipinski definition) is 5. The second-order valence-corrected chi connectivity index (χ2v) is 4.86. The van der Waals surface area contributed by atoms with Crippen LogP contribution < -0.4 is 5.73 Å². The predicted molar refractivity (Wildman–Crippen MR) is 75.4 cm³/mol. The lowest BCUT2D eigenvalue weighted by atomic mass is 10.1. The molecule has 0 radical (unpaired) electrons. The highest BCUT2D eigenvalue weighted by molar-refractivity contribution is 6.04. The number of morpholine rings is 1. The van der Waals surface area contributed by atoms with Crippen LogP contribution in [0.4, 0.5) is 5.95 Å². The SMILES string of the molecule is Cc1ccc2nc(N)nc(C(=O)N3CCOCC3)c2c1. The van der Waals surface area contributed by atoms with Gasteiger partial charge in [0.15, 0.2) is 0 Å². The zero-order valence-corrected chi connectivity index (χ0v) is 11.3. The Labute approximate surface area is 116 Å². The fraction of sp³-hybridized carbons (Fsp3) is 0.357. The maximum atomic E-state index is 12.6. The zero-order chi connectivity index (χ0) is 14.1. The second-order valence-electron chi connectivity index (χ2n) is 4.86. The molecule has 0 bridgehead atoms. The number of ether oxygens (including phenoxy) is 1. The smallest absolute Gasteiger partial charge is 0.273 e. The van der Waals surface area contributed by atoms with Crippen molar-refractivity contribution in [1.29, 1.82) is 0 Å². The molecule has 6 heteroatoms. The molecule has 0 atom stereocenters. The second kappa shape index (κ2) is 5.05. The van der Waals surface area contributed by atoms with Gasteiger partial charge in [0.1, 0.15) is 5.69 Å². The van der Waals surface area contributed by atoms with Gasteiger partial charge in [-0.3, -0.25) is 4.79 Å². The molecule has 0 spiro atoms. The first-order chi connectivity index (χ1) is 9.65. The van der Waals surface area contributed by atoms with Crippen LogP contribution in [0, 0.1) is 6.92 Å². The van der Waals surface area contributed by atoms with Gasteiger partial charge in [-0.15, -0.1) is 0 Å². The minimum Gasteiger partial charge on any atom is -0.378 e. The van der Waals surface area contributed by atoms with E-state index >= 15 is 0 Å². The molecule has 1 aliphatic heterocycles. The van der Waals surface area contributed by atoms with Gasteiger partial charge >= 0.3 is 0 Å². The van der Waals surface area contributed by atoms with Crippen LogP contribution in [0.5, 0.6) is 0 Å². The molecule has 20 heavy (non-hydrogen) atoms. The molecule has 1 saturated heterocycles. The van der Waals surface area contributed by atoms with E-state index in [0.29, 0.717) is 37.5 Å². The van der Waals surface area contributed by atoms with Crippen molar-refractivity contribution in [2.45, 2.75) is 6.92 Å². The van der Waals surface area contributed by atoms with Gasteiger partial charge in [-0.05, 0) is 19.1 Å². The lowest BCUT2D eigenvalue weighted by Gasteiger charge is -2.26. The Morgan fingerprint density at radius 1 is 1.30 bits per heavy atom. The highest BCUT2D eigenvalue weighted by Gasteiger charge is 2.22. The highest BCUT2D eigenvalue weighted by atomic mass is 16.5. The number of rotatable bonds is 1. The summed E-state index contributed by atoms with van der Waals surface area (Å²) in [6.45, 7) is 4.25. The minimum atomic E-state index is -0.113. The van der Waals surface area contributed by atoms with E-state index in [9.17, 15) is 4.79 Å². The first-order valence-electron chi connectivity index (χ1n) is 6.56. The van der Waals surface area contributed by atoms with Gasteiger partial charge in [-0.1, -0.05) is 11.6 Å². The molecule has 6 nitrogen and oxygen atoms in total. The third-order valence-corrected chi connectivity index (χ3v) is 3.37. The molecule has 1 fully saturated rings. The van der Waals surface area contributed by atoms with Crippen LogP contribution in [0.25, 0.3) is 10.9 Å². The predicted octanol–water partition coefficient (Wildman–Crippen LogP) is 0.993. The molecule has 0 saturated carbocycles. The number of aryl methyl sites for hydroxylation is 1. The minimum absolute atomic E-state index is 0.113. The molecule has 0 aliphatic carbocycles. The summed E-state index contributed by atoms with van der Waals surface area (Å²) in [4.78, 5) is 22.7. The summed E-state index contributed by atoms with van der Waals surface area (Å²) in [5, 5.41) is 0.746. The number of nitrogens with two attached hydrogens (primary N) is 1. The van der Waals surface area contributed by atoms with Gasteiger partial charge in [0.25, 0.3) is 5.91 Å². The molecule has 104 valence electrons. The number of carbonyl (C=O) groups is 1. The monoisotopic (exact) mass is 272 g/mol. The van der Waals surface area contributed by atoms with E-state index in [4.69, 9.17) is 10.5 Å². The lowest BCUT2D eigenvalue weighted by molar-refractivity contribution is 0.0300. The number of hydrogen-bond donors (Lipinski definition) is 1. The summed E-state index contributed by atoms with van der Waals surface area (Å²) in [6.07, 6.45) is 0. The molecular weight excluding hydrogens is 256 g/mol. The summed E-state index contributed by atoms with van der Waals surface area (Å²) in [6, 6.07) is 5.72. The Kier molecular flexibility index (Phi) is 3.23. The lowest BCUT2D eigenvalue weighted by Crippen LogP contribution is -2.41. The van der Waals surface area contributed by atoms with Gasteiger partial charge in [0.05, 0.1) is 18.7 Å². The maximum absolute atomic E-state index is 12.6. The van der Waals surface area contributed by atoms with Crippen molar-refractivity contribution < 1.29 is 9.53 Å². The molecule has 1 aromatic carbocycles. The van der Waals surface area contributed by atoms with Crippen LogP contribution >= 0.6 is 0 Å². The topological polar surface area (TPSA) is 81.3 Å². The Hall–Kier alpha value is -2.21. The summed E-state index contributed by atoms with van der Waals surface area (Å²) in [5.41, 5.74) is 7.84. The Balaban J connectivity index is 2.09. The largest absolute Gasteiger partial charge is 0.378 e. The Morgan fingerprint density at radius 2 is 2.05 bits per heavy atom. The Bertz CT molecular complexity index is 666. The van der Waals surface area contributed by atoms with Gasteiger partial charge in [-0.25, -0.2) is 9.97 Å². The van der Waals surface area contributed by atoms with E-state index in [0.717, 1.165) is 10.9 Å². The quantitative estimate of drug-likeness (QED) is 0.837. The average molecular weight is 272 g/mol. The summed E-state index contributed by atoms with van der Waals surface area (Å²) >= 11 is 0. The fourth-order valence-electron chi connectivity index (χ4n) is 2.34. The van der Waals surface area contributed by atoms with Crippen LogP contribution in [0.3, 0.4) is 0 Å². The van der Waals surface area contributed by atoms with Crippen LogP contribution in [0.2, 0.25) is 0 Å². The summed E-state index contributed by atoms with van der Waals surface area (Å²) < 4.78 is 5.26. The highest BCUT2D eigenvalue weighted by Crippen LogP contribution is 2.20. The van der Waals surface area contributed by atoms with Gasteiger partial charge in [0, 0.05) is 18.5 Å². The Morgan fingerprint density at radius 3 is 2.80 bits per heavy atom. The molecule has 0 unspecified atom stereocenters. The van der Waals surface area contributed by atoms with Crippen molar-refractivity contribution in [3.8, 4) is 0 Å². The first kappa shape index (κ1) is 12.8. The number of aromatic nitrogens is 2. The van der Waals surface area contributed by atoms with E-state index in [1.807, 2.05) is 25.1 Å². The number of amides is 1. The normalized spacial score (nSPS) is 15.6. The number of benzene rings is 1. The van der Waals surface area contributed by atoms with Crippen LogP contribution in [0.1, 0.15) is 16.1 Å². The molecule has 1 aliphatic rings. The van der Waals surface area contributed by atoms with Gasteiger partial charge in [-0.2, -0.15) is 0 Å². The number of anilines is 1. The van der Waals surface area contributed by atoms with E-state index in [-0.39, 0.29) is 11.9 Å². The molecule has 2 heterocycles. The van der Waals surface area contributed by atoms with Crippen molar-refractivity contribution in [2.75, 3.05) is 32.0 Å². The van der Waals surface area contributed by atoms with E-state index < -0.39 is 0 Å². The van der Waals surface area contributed by atoms with Crippen molar-refractivity contribution in [1.82, 2.24) is 14.9 Å². The van der Waals surface area contributed by atoms with E-state index in [2.05, 4.69) is 9.97 Å². The number of carbonyl (C=O) groups excluding carboxylic acids is 1. The maximum Gasteiger partial charge on any atom is 0.273 e. The van der Waals surface area contributed by atoms with Gasteiger partial charge in [0.2, 0.25) is 5.95 Å². The van der Waals surface area contributed by atoms with E-state index in [1.54, 1.807) is 4.90 Å². The van der Waals surface area contributed by atoms with Crippen molar-refractivity contribution in [3.63, 3.8) is 0 Å². The van der Waals surface area contributed by atoms with Crippen LogP contribution in [-0.2, 0) is 4.74 Å². The van der Waals surface area contributed by atoms with Crippen LogP contribution in [0.15, 0.2) is 18.2 Å². The third-order valence-electron chi connectivity index (χ3n) is 3.37. The average Bonchev–Trinajstić information content (AvgIpc) is 2.47. The molecule has 1 amide bonds. The summed E-state index contributed by atoms with van der Waals surface area (Å²) in [5.74, 6) is 0.0102. The standard InChI is InChI=1S/C14H16N4O2/c1-9-2-3-11-10(8-9)12(17-14(15)16-11)13(19)18-4-6-20-7-5-18/h2-3,8H,4-7H2,1H3,(H2,15,16,17). The van der Waals surface area contributed by atoms with Crippen molar-refractivity contribution in [2.24, 2.45) is 0 Å². The molecule has 2 aromatic rings. The zero-order valence-electron chi connectivity index (χ0n) is 11.3. The fourth-order valence-corrected chi connectivity index (χ4v) is 2.34. The van der Waals surface area contributed by atoms with Gasteiger partial charge < -0.3 is 15.4 Å². The third kappa shape index (κ3) is 2.30. The molecular formula is C14H16N4O2. The number of nitrogens with zero attached hydrogens (tertiary/aromatic N) is 3. The number of fused-ring (bicyclic) bond motifs is 1. The van der Waals surface area contributed by atoms with Crippen LogP contribution in [-0.4, -0.2) is 47.1 Å². The molecule has 1 aromatic heterocycles. The molecule has 3 rings (SSSR count). The van der Waals surface area contributed by atoms with E-state index in [1.165, 1.54) is 0 Å². The van der Waals surface area contributed by atoms with Crippen molar-refractivity contribution in [3.05, 3.63) is 29.5 Å².